The van der Waals surface area contributed by atoms with Gasteiger partial charge in [-0.25, -0.2) is 4.39 Å². The molecule has 35 heavy (non-hydrogen) atoms. The van der Waals surface area contributed by atoms with Crippen LogP contribution in [0.2, 0.25) is 0 Å². The minimum absolute atomic E-state index is 0.192. The molecule has 0 aromatic heterocycles. The lowest BCUT2D eigenvalue weighted by Crippen LogP contribution is -2.36. The van der Waals surface area contributed by atoms with Crippen molar-refractivity contribution >= 4 is 11.6 Å². The third kappa shape index (κ3) is 5.78. The Hall–Kier alpha value is -2.64. The first-order valence-corrected chi connectivity index (χ1v) is 12.7. The van der Waals surface area contributed by atoms with Crippen LogP contribution in [-0.2, 0) is 11.3 Å². The number of anilines is 1. The summed E-state index contributed by atoms with van der Waals surface area (Å²) < 4.78 is 25.9. The van der Waals surface area contributed by atoms with Crippen molar-refractivity contribution in [3.05, 3.63) is 59.4 Å². The summed E-state index contributed by atoms with van der Waals surface area (Å²) in [7, 11) is 0. The summed E-state index contributed by atoms with van der Waals surface area (Å²) in [6.07, 6.45) is 0. The van der Waals surface area contributed by atoms with Crippen LogP contribution in [-0.4, -0.2) is 62.3 Å². The Morgan fingerprint density at radius 2 is 1.77 bits per heavy atom. The largest absolute Gasteiger partial charge is 0.488 e. The van der Waals surface area contributed by atoms with E-state index < -0.39 is 0 Å². The molecule has 5 rings (SSSR count). The summed E-state index contributed by atoms with van der Waals surface area (Å²) in [6, 6.07) is 13.2. The van der Waals surface area contributed by atoms with Crippen LogP contribution in [0, 0.1) is 23.6 Å². The van der Waals surface area contributed by atoms with Gasteiger partial charge in [0.05, 0.1) is 18.9 Å². The average Bonchev–Trinajstić information content (AvgIpc) is 3.28. The van der Waals surface area contributed by atoms with Crippen LogP contribution in [0.3, 0.4) is 0 Å². The molecule has 0 radical (unpaired) electrons. The normalized spacial score (nSPS) is 24.2. The number of morpholine rings is 1. The number of hydrogen-bond acceptors (Lipinski definition) is 5. The van der Waals surface area contributed by atoms with Crippen LogP contribution in [0.25, 0.3) is 0 Å². The highest BCUT2D eigenvalue weighted by Gasteiger charge is 2.55. The third-order valence-electron chi connectivity index (χ3n) is 7.26. The maximum absolute atomic E-state index is 14.6. The Morgan fingerprint density at radius 3 is 2.40 bits per heavy atom. The summed E-state index contributed by atoms with van der Waals surface area (Å²) in [5.74, 6) is 2.15. The quantitative estimate of drug-likeness (QED) is 0.649. The first kappa shape index (κ1) is 24.1. The highest BCUT2D eigenvalue weighted by Crippen LogP contribution is 2.51. The zero-order valence-electron chi connectivity index (χ0n) is 20.9. The predicted molar refractivity (Wildman–Crippen MR) is 134 cm³/mol. The van der Waals surface area contributed by atoms with Gasteiger partial charge in [-0.05, 0) is 74.4 Å². The molecule has 3 fully saturated rings. The van der Waals surface area contributed by atoms with Crippen LogP contribution in [0.1, 0.15) is 36.7 Å². The minimum Gasteiger partial charge on any atom is -0.488 e. The van der Waals surface area contributed by atoms with Crippen molar-refractivity contribution in [1.82, 2.24) is 10.2 Å². The summed E-state index contributed by atoms with van der Waals surface area (Å²) in [4.78, 5) is 17.1. The number of piperidine rings is 1. The van der Waals surface area contributed by atoms with Crippen molar-refractivity contribution in [2.75, 3.05) is 50.8 Å². The van der Waals surface area contributed by atoms with E-state index in [-0.39, 0.29) is 17.3 Å². The number of carbonyl (C=O) groups is 1. The zero-order chi connectivity index (χ0) is 24.6. The molecule has 1 N–H and O–H groups in total. The molecule has 0 spiro atoms. The Bertz CT molecular complexity index is 1030. The fourth-order valence-corrected chi connectivity index (χ4v) is 5.46. The highest BCUT2D eigenvalue weighted by molar-refractivity contribution is 5.94. The van der Waals surface area contributed by atoms with Crippen LogP contribution in [0.5, 0.6) is 5.75 Å². The van der Waals surface area contributed by atoms with Gasteiger partial charge in [-0.2, -0.15) is 0 Å². The number of fused-ring (bicyclic) bond motifs is 1. The van der Waals surface area contributed by atoms with Gasteiger partial charge in [0.1, 0.15) is 17.2 Å². The standard InChI is InChI=1S/C28H36FN3O3/c1-28(2,3)35-21-7-4-19(5-8-21)16-31-17-23-22(24(23)18-31)15-30-27(33)20-6-9-26(25(29)14-20)32-10-12-34-13-11-32/h4-9,14,22-24H,10-13,15-18H2,1-3H3,(H,30,33). The zero-order valence-corrected chi connectivity index (χ0v) is 20.9. The van der Waals surface area contributed by atoms with E-state index in [0.29, 0.717) is 61.9 Å². The number of nitrogens with one attached hydrogen (secondary N) is 1. The van der Waals surface area contributed by atoms with Crippen molar-refractivity contribution in [3.8, 4) is 5.75 Å². The van der Waals surface area contributed by atoms with Gasteiger partial charge in [0.15, 0.2) is 0 Å². The Morgan fingerprint density at radius 1 is 1.09 bits per heavy atom. The SMILES string of the molecule is CC(C)(C)Oc1ccc(CN2CC3C(CNC(=O)c4ccc(N5CCOCC5)c(F)c4)C3C2)cc1. The molecule has 188 valence electrons. The van der Waals surface area contributed by atoms with Crippen LogP contribution in [0.4, 0.5) is 10.1 Å². The number of benzene rings is 2. The lowest BCUT2D eigenvalue weighted by Gasteiger charge is -2.29. The molecule has 2 saturated heterocycles. The molecule has 1 saturated carbocycles. The molecule has 1 aliphatic carbocycles. The summed E-state index contributed by atoms with van der Waals surface area (Å²) in [6.45, 7) is 12.4. The molecule has 2 aromatic carbocycles. The lowest BCUT2D eigenvalue weighted by atomic mass is 10.1. The molecule has 2 aromatic rings. The molecular weight excluding hydrogens is 445 g/mol. The molecular formula is C28H36FN3O3. The minimum atomic E-state index is -0.350. The third-order valence-corrected chi connectivity index (χ3v) is 7.26. The molecule has 0 bridgehead atoms. The fourth-order valence-electron chi connectivity index (χ4n) is 5.46. The van der Waals surface area contributed by atoms with E-state index in [2.05, 4.69) is 43.1 Å². The van der Waals surface area contributed by atoms with Crippen molar-refractivity contribution in [3.63, 3.8) is 0 Å². The van der Waals surface area contributed by atoms with Gasteiger partial charge in [0.2, 0.25) is 0 Å². The molecule has 7 heteroatoms. The Balaban J connectivity index is 1.06. The number of nitrogens with zero attached hydrogens (tertiary/aromatic N) is 2. The van der Waals surface area contributed by atoms with Crippen LogP contribution >= 0.6 is 0 Å². The molecule has 3 aliphatic rings. The van der Waals surface area contributed by atoms with E-state index in [1.807, 2.05) is 17.0 Å². The summed E-state index contributed by atoms with van der Waals surface area (Å²) in [5, 5.41) is 3.03. The van der Waals surface area contributed by atoms with E-state index in [0.717, 1.165) is 25.4 Å². The molecule has 1 amide bonds. The topological polar surface area (TPSA) is 54.0 Å². The van der Waals surface area contributed by atoms with Gasteiger partial charge in [0, 0.05) is 44.8 Å². The molecule has 2 heterocycles. The van der Waals surface area contributed by atoms with E-state index in [1.54, 1.807) is 12.1 Å². The molecule has 2 unspecified atom stereocenters. The molecule has 6 nitrogen and oxygen atoms in total. The van der Waals surface area contributed by atoms with Crippen molar-refractivity contribution in [2.45, 2.75) is 32.9 Å². The van der Waals surface area contributed by atoms with Gasteiger partial charge >= 0.3 is 0 Å². The molecule has 2 atom stereocenters. The van der Waals surface area contributed by atoms with E-state index in [4.69, 9.17) is 9.47 Å². The maximum atomic E-state index is 14.6. The monoisotopic (exact) mass is 481 g/mol. The van der Waals surface area contributed by atoms with Gasteiger partial charge in [-0.3, -0.25) is 9.69 Å². The highest BCUT2D eigenvalue weighted by atomic mass is 19.1. The second-order valence-corrected chi connectivity index (χ2v) is 11.0. The summed E-state index contributed by atoms with van der Waals surface area (Å²) >= 11 is 0. The molecule has 2 aliphatic heterocycles. The van der Waals surface area contributed by atoms with Gasteiger partial charge < -0.3 is 19.7 Å². The number of ether oxygens (including phenoxy) is 2. The van der Waals surface area contributed by atoms with Gasteiger partial charge in [-0.1, -0.05) is 12.1 Å². The van der Waals surface area contributed by atoms with Crippen molar-refractivity contribution in [1.29, 1.82) is 0 Å². The van der Waals surface area contributed by atoms with Crippen LogP contribution < -0.4 is 15.0 Å². The van der Waals surface area contributed by atoms with Crippen molar-refractivity contribution < 1.29 is 18.7 Å². The number of likely N-dealkylation sites (tertiary alicyclic amines) is 1. The Labute approximate surface area is 207 Å². The second kappa shape index (κ2) is 9.78. The van der Waals surface area contributed by atoms with E-state index >= 15 is 0 Å². The fraction of sp³-hybridized carbons (Fsp3) is 0.536. The lowest BCUT2D eigenvalue weighted by molar-refractivity contribution is 0.0948. The van der Waals surface area contributed by atoms with Gasteiger partial charge in [0.25, 0.3) is 5.91 Å². The Kier molecular flexibility index (Phi) is 6.73. The number of hydrogen-bond donors (Lipinski definition) is 1. The number of amides is 1. The van der Waals surface area contributed by atoms with Gasteiger partial charge in [-0.15, -0.1) is 0 Å². The average molecular weight is 482 g/mol. The van der Waals surface area contributed by atoms with Crippen molar-refractivity contribution in [2.24, 2.45) is 17.8 Å². The second-order valence-electron chi connectivity index (χ2n) is 11.0. The van der Waals surface area contributed by atoms with Crippen LogP contribution in [0.15, 0.2) is 42.5 Å². The number of halogens is 1. The smallest absolute Gasteiger partial charge is 0.251 e. The van der Waals surface area contributed by atoms with E-state index in [9.17, 15) is 9.18 Å². The summed E-state index contributed by atoms with van der Waals surface area (Å²) in [5.41, 5.74) is 2.02. The maximum Gasteiger partial charge on any atom is 0.251 e. The first-order valence-electron chi connectivity index (χ1n) is 12.7. The number of rotatable bonds is 7. The number of carbonyl (C=O) groups excluding carboxylic acids is 1. The predicted octanol–water partition coefficient (Wildman–Crippen LogP) is 3.95. The first-order chi connectivity index (χ1) is 16.8. The van der Waals surface area contributed by atoms with E-state index in [1.165, 1.54) is 11.6 Å².